The first-order valence-electron chi connectivity index (χ1n) is 6.22. The quantitative estimate of drug-likeness (QED) is 0.530. The molecule has 0 saturated heterocycles. The Balaban J connectivity index is 1.71. The molecule has 21 heavy (non-hydrogen) atoms. The van der Waals surface area contributed by atoms with E-state index in [2.05, 4.69) is 20.1 Å². The van der Waals surface area contributed by atoms with Crippen molar-refractivity contribution < 1.29 is 9.26 Å². The number of hydrogen-bond acceptors (Lipinski definition) is 7. The molecule has 0 bridgehead atoms. The summed E-state index contributed by atoms with van der Waals surface area (Å²) in [7, 11) is 1.62. The third kappa shape index (κ3) is 3.38. The average molecular weight is 300 g/mol. The van der Waals surface area contributed by atoms with E-state index in [9.17, 15) is 0 Å². The second kappa shape index (κ2) is 6.36. The summed E-state index contributed by atoms with van der Waals surface area (Å²) in [6, 6.07) is 9.30. The van der Waals surface area contributed by atoms with Gasteiger partial charge in [-0.15, -0.1) is 0 Å². The van der Waals surface area contributed by atoms with Crippen LogP contribution in [-0.2, 0) is 5.75 Å². The van der Waals surface area contributed by atoms with Crippen molar-refractivity contribution in [2.24, 2.45) is 0 Å². The van der Waals surface area contributed by atoms with E-state index >= 15 is 0 Å². The third-order valence-electron chi connectivity index (χ3n) is 2.66. The highest BCUT2D eigenvalue weighted by Gasteiger charge is 2.10. The molecule has 0 amide bonds. The van der Waals surface area contributed by atoms with Gasteiger partial charge in [-0.25, -0.2) is 9.97 Å². The lowest BCUT2D eigenvalue weighted by Gasteiger charge is -1.99. The maximum Gasteiger partial charge on any atom is 0.237 e. The Morgan fingerprint density at radius 3 is 2.86 bits per heavy atom. The Morgan fingerprint density at radius 2 is 2.05 bits per heavy atom. The fourth-order valence-corrected chi connectivity index (χ4v) is 2.32. The van der Waals surface area contributed by atoms with Gasteiger partial charge < -0.3 is 9.26 Å². The van der Waals surface area contributed by atoms with E-state index in [1.54, 1.807) is 25.6 Å². The summed E-state index contributed by atoms with van der Waals surface area (Å²) in [6.45, 7) is 0. The molecule has 3 rings (SSSR count). The van der Waals surface area contributed by atoms with E-state index in [1.807, 2.05) is 24.3 Å². The van der Waals surface area contributed by atoms with Crippen LogP contribution in [0.5, 0.6) is 5.75 Å². The molecule has 0 spiro atoms. The van der Waals surface area contributed by atoms with Gasteiger partial charge in [-0.2, -0.15) is 4.98 Å². The van der Waals surface area contributed by atoms with E-state index in [0.29, 0.717) is 22.6 Å². The van der Waals surface area contributed by atoms with E-state index < -0.39 is 0 Å². The highest BCUT2D eigenvalue weighted by molar-refractivity contribution is 7.98. The van der Waals surface area contributed by atoms with Crippen LogP contribution in [0.1, 0.15) is 5.89 Å². The lowest BCUT2D eigenvalue weighted by atomic mass is 10.2. The van der Waals surface area contributed by atoms with Crippen LogP contribution in [0.2, 0.25) is 0 Å². The summed E-state index contributed by atoms with van der Waals surface area (Å²) >= 11 is 1.45. The van der Waals surface area contributed by atoms with Crippen LogP contribution in [0.4, 0.5) is 0 Å². The molecular weight excluding hydrogens is 288 g/mol. The molecule has 2 heterocycles. The molecule has 106 valence electrons. The number of ether oxygens (including phenoxy) is 1. The molecule has 7 heteroatoms. The molecule has 6 nitrogen and oxygen atoms in total. The Kier molecular flexibility index (Phi) is 4.11. The van der Waals surface area contributed by atoms with Crippen LogP contribution in [0.3, 0.4) is 0 Å². The topological polar surface area (TPSA) is 73.9 Å². The zero-order chi connectivity index (χ0) is 14.5. The summed E-state index contributed by atoms with van der Waals surface area (Å²) in [4.78, 5) is 12.6. The SMILES string of the molecule is COc1cccc(-c2noc(CSc3ncccn3)n2)c1. The van der Waals surface area contributed by atoms with Gasteiger partial charge in [-0.3, -0.25) is 0 Å². The fraction of sp³-hybridized carbons (Fsp3) is 0.143. The van der Waals surface area contributed by atoms with Crippen molar-refractivity contribution >= 4 is 11.8 Å². The molecule has 3 aromatic rings. The van der Waals surface area contributed by atoms with Gasteiger partial charge in [0.25, 0.3) is 0 Å². The number of benzene rings is 1. The van der Waals surface area contributed by atoms with Crippen molar-refractivity contribution in [1.29, 1.82) is 0 Å². The molecule has 1 aromatic carbocycles. The molecule has 0 aliphatic carbocycles. The van der Waals surface area contributed by atoms with E-state index in [-0.39, 0.29) is 0 Å². The highest BCUT2D eigenvalue weighted by Crippen LogP contribution is 2.23. The average Bonchev–Trinajstić information content (AvgIpc) is 3.03. The summed E-state index contributed by atoms with van der Waals surface area (Å²) in [6.07, 6.45) is 3.40. The minimum absolute atomic E-state index is 0.529. The van der Waals surface area contributed by atoms with Crippen LogP contribution in [0.15, 0.2) is 52.4 Å². The van der Waals surface area contributed by atoms with Gasteiger partial charge >= 0.3 is 0 Å². The van der Waals surface area contributed by atoms with Crippen LogP contribution >= 0.6 is 11.8 Å². The zero-order valence-electron chi connectivity index (χ0n) is 11.3. The molecular formula is C14H12N4O2S. The Morgan fingerprint density at radius 1 is 1.19 bits per heavy atom. The minimum Gasteiger partial charge on any atom is -0.497 e. The molecule has 2 aromatic heterocycles. The number of nitrogens with zero attached hydrogens (tertiary/aromatic N) is 4. The molecule has 0 saturated carbocycles. The third-order valence-corrected chi connectivity index (χ3v) is 3.52. The van der Waals surface area contributed by atoms with Gasteiger partial charge in [0.2, 0.25) is 11.7 Å². The molecule has 0 N–H and O–H groups in total. The first kappa shape index (κ1) is 13.6. The van der Waals surface area contributed by atoms with Crippen molar-refractivity contribution in [2.75, 3.05) is 7.11 Å². The second-order valence-electron chi connectivity index (χ2n) is 4.06. The van der Waals surface area contributed by atoms with E-state index in [1.165, 1.54) is 11.8 Å². The fourth-order valence-electron chi connectivity index (χ4n) is 1.68. The van der Waals surface area contributed by atoms with Crippen LogP contribution in [-0.4, -0.2) is 27.2 Å². The molecule has 0 fully saturated rings. The van der Waals surface area contributed by atoms with Gasteiger partial charge in [0.05, 0.1) is 12.9 Å². The van der Waals surface area contributed by atoms with Crippen molar-refractivity contribution in [1.82, 2.24) is 20.1 Å². The van der Waals surface area contributed by atoms with Gasteiger partial charge in [0.15, 0.2) is 5.16 Å². The van der Waals surface area contributed by atoms with Gasteiger partial charge in [0.1, 0.15) is 5.75 Å². The standard InChI is InChI=1S/C14H12N4O2S/c1-19-11-5-2-4-10(8-11)13-17-12(20-18-13)9-21-14-15-6-3-7-16-14/h2-8H,9H2,1H3. The Bertz CT molecular complexity index is 718. The summed E-state index contributed by atoms with van der Waals surface area (Å²) in [5.41, 5.74) is 0.852. The maximum absolute atomic E-state index is 5.24. The lowest BCUT2D eigenvalue weighted by molar-refractivity contribution is 0.391. The van der Waals surface area contributed by atoms with Gasteiger partial charge in [-0.05, 0) is 18.2 Å². The lowest BCUT2D eigenvalue weighted by Crippen LogP contribution is -1.87. The number of thioether (sulfide) groups is 1. The summed E-state index contributed by atoms with van der Waals surface area (Å²) in [5, 5.41) is 4.66. The number of hydrogen-bond donors (Lipinski definition) is 0. The van der Waals surface area contributed by atoms with Crippen molar-refractivity contribution in [2.45, 2.75) is 10.9 Å². The van der Waals surface area contributed by atoms with Crippen molar-refractivity contribution in [3.63, 3.8) is 0 Å². The van der Waals surface area contributed by atoms with E-state index in [0.717, 1.165) is 11.3 Å². The largest absolute Gasteiger partial charge is 0.497 e. The summed E-state index contributed by atoms with van der Waals surface area (Å²) in [5.74, 6) is 2.36. The summed E-state index contributed by atoms with van der Waals surface area (Å²) < 4.78 is 10.4. The molecule has 0 aliphatic rings. The van der Waals surface area contributed by atoms with Crippen LogP contribution in [0.25, 0.3) is 11.4 Å². The van der Waals surface area contributed by atoms with Crippen LogP contribution < -0.4 is 4.74 Å². The van der Waals surface area contributed by atoms with Crippen LogP contribution in [0, 0.1) is 0 Å². The number of methoxy groups -OCH3 is 1. The van der Waals surface area contributed by atoms with Crippen molar-refractivity contribution in [3.8, 4) is 17.1 Å². The van der Waals surface area contributed by atoms with Gasteiger partial charge in [-0.1, -0.05) is 29.1 Å². The smallest absolute Gasteiger partial charge is 0.237 e. The van der Waals surface area contributed by atoms with Gasteiger partial charge in [0, 0.05) is 18.0 Å². The monoisotopic (exact) mass is 300 g/mol. The highest BCUT2D eigenvalue weighted by atomic mass is 32.2. The van der Waals surface area contributed by atoms with E-state index in [4.69, 9.17) is 9.26 Å². The number of aromatic nitrogens is 4. The second-order valence-corrected chi connectivity index (χ2v) is 5.01. The minimum atomic E-state index is 0.529. The Labute approximate surface area is 125 Å². The number of rotatable bonds is 5. The first-order chi connectivity index (χ1) is 10.3. The molecule has 0 unspecified atom stereocenters. The molecule has 0 aliphatic heterocycles. The molecule has 0 atom stereocenters. The van der Waals surface area contributed by atoms with Crippen molar-refractivity contribution in [3.05, 3.63) is 48.6 Å². The predicted octanol–water partition coefficient (Wildman–Crippen LogP) is 2.83. The first-order valence-corrected chi connectivity index (χ1v) is 7.20. The molecule has 0 radical (unpaired) electrons. The maximum atomic E-state index is 5.24. The predicted molar refractivity (Wildman–Crippen MR) is 77.9 cm³/mol. The zero-order valence-corrected chi connectivity index (χ0v) is 12.1. The normalized spacial score (nSPS) is 10.5. The Hall–Kier alpha value is -2.41.